The van der Waals surface area contributed by atoms with Crippen molar-refractivity contribution >= 4 is 12.6 Å². The number of rotatable bonds is 3. The van der Waals surface area contributed by atoms with Crippen LogP contribution in [0.1, 0.15) is 27.7 Å². The summed E-state index contributed by atoms with van der Waals surface area (Å²) in [6.07, 6.45) is 0. The number of likely N-dealkylation sites (N-methyl/N-ethyl adjacent to an activating group) is 1. The summed E-state index contributed by atoms with van der Waals surface area (Å²) in [4.78, 5) is 5.06. The van der Waals surface area contributed by atoms with Gasteiger partial charge >= 0.3 is 0 Å². The number of nitrogens with zero attached hydrogens (tertiary/aromatic N) is 2. The molecule has 0 bridgehead atoms. The molecule has 2 unspecified atom stereocenters. The minimum absolute atomic E-state index is 0.369. The van der Waals surface area contributed by atoms with Gasteiger partial charge in [0.15, 0.2) is 0 Å². The van der Waals surface area contributed by atoms with Gasteiger partial charge in [0.2, 0.25) is 0 Å². The number of piperazine rings is 1. The van der Waals surface area contributed by atoms with E-state index in [0.717, 1.165) is 5.75 Å². The van der Waals surface area contributed by atoms with Gasteiger partial charge in [0.05, 0.1) is 0 Å². The van der Waals surface area contributed by atoms with Gasteiger partial charge in [-0.25, -0.2) is 0 Å². The van der Waals surface area contributed by atoms with E-state index >= 15 is 0 Å². The van der Waals surface area contributed by atoms with Crippen LogP contribution in [-0.4, -0.2) is 54.8 Å². The van der Waals surface area contributed by atoms with Crippen molar-refractivity contribution in [2.45, 2.75) is 33.7 Å². The first-order valence-corrected chi connectivity index (χ1v) is 7.01. The second-order valence-electron chi connectivity index (χ2n) is 6.33. The lowest BCUT2D eigenvalue weighted by Gasteiger charge is -2.41. The first-order valence-electron chi connectivity index (χ1n) is 6.38. The molecule has 0 N–H and O–H groups in total. The molecular formula is C13H28N2S. The van der Waals surface area contributed by atoms with Crippen LogP contribution in [0.25, 0.3) is 0 Å². The largest absolute Gasteiger partial charge is 0.301 e. The highest BCUT2D eigenvalue weighted by Crippen LogP contribution is 2.28. The van der Waals surface area contributed by atoms with Gasteiger partial charge in [-0.3, -0.25) is 0 Å². The molecule has 1 aliphatic heterocycles. The Morgan fingerprint density at radius 3 is 2.38 bits per heavy atom. The molecule has 0 saturated carbocycles. The average Bonchev–Trinajstić information content (AvgIpc) is 2.18. The molecule has 3 heteroatoms. The van der Waals surface area contributed by atoms with Crippen molar-refractivity contribution in [3.63, 3.8) is 0 Å². The summed E-state index contributed by atoms with van der Waals surface area (Å²) in [5, 5.41) is 0. The number of thiol groups is 1. The number of hydrogen-bond acceptors (Lipinski definition) is 3. The Hall–Kier alpha value is 0.270. The zero-order valence-electron chi connectivity index (χ0n) is 11.5. The Balaban J connectivity index is 2.47. The Labute approximate surface area is 107 Å². The third kappa shape index (κ3) is 3.94. The Morgan fingerprint density at radius 1 is 1.31 bits per heavy atom. The van der Waals surface area contributed by atoms with E-state index in [1.165, 1.54) is 26.2 Å². The van der Waals surface area contributed by atoms with Gasteiger partial charge in [0.1, 0.15) is 0 Å². The van der Waals surface area contributed by atoms with Crippen molar-refractivity contribution in [1.82, 2.24) is 9.80 Å². The molecule has 1 rings (SSSR count). The highest BCUT2D eigenvalue weighted by Gasteiger charge is 2.28. The normalized spacial score (nSPS) is 27.0. The average molecular weight is 244 g/mol. The lowest BCUT2D eigenvalue weighted by molar-refractivity contribution is 0.0762. The summed E-state index contributed by atoms with van der Waals surface area (Å²) in [5.74, 6) is 1.68. The highest BCUT2D eigenvalue weighted by atomic mass is 32.1. The third-order valence-corrected chi connectivity index (χ3v) is 4.41. The summed E-state index contributed by atoms with van der Waals surface area (Å²) in [6, 6.07) is 0.689. The van der Waals surface area contributed by atoms with Gasteiger partial charge in [0, 0.05) is 32.2 Å². The SMILES string of the molecule is CC1CN(CC(CS)C(C)(C)C)CCN1C. The third-order valence-electron chi connectivity index (χ3n) is 3.97. The van der Waals surface area contributed by atoms with Gasteiger partial charge in [-0.05, 0) is 31.1 Å². The lowest BCUT2D eigenvalue weighted by atomic mass is 9.81. The van der Waals surface area contributed by atoms with E-state index < -0.39 is 0 Å². The maximum Gasteiger partial charge on any atom is 0.0192 e. The second kappa shape index (κ2) is 5.74. The fourth-order valence-electron chi connectivity index (χ4n) is 2.21. The van der Waals surface area contributed by atoms with E-state index in [2.05, 4.69) is 57.2 Å². The zero-order chi connectivity index (χ0) is 12.3. The monoisotopic (exact) mass is 244 g/mol. The lowest BCUT2D eigenvalue weighted by Crippen LogP contribution is -2.52. The van der Waals surface area contributed by atoms with E-state index in [1.54, 1.807) is 0 Å². The first-order chi connectivity index (χ1) is 7.34. The molecule has 1 aliphatic rings. The molecule has 0 aliphatic carbocycles. The molecule has 0 radical (unpaired) electrons. The molecule has 1 fully saturated rings. The van der Waals surface area contributed by atoms with E-state index in [0.29, 0.717) is 17.4 Å². The maximum absolute atomic E-state index is 4.51. The van der Waals surface area contributed by atoms with Crippen LogP contribution < -0.4 is 0 Å². The maximum atomic E-state index is 4.51. The summed E-state index contributed by atoms with van der Waals surface area (Å²) in [7, 11) is 2.22. The van der Waals surface area contributed by atoms with Crippen LogP contribution in [-0.2, 0) is 0 Å². The smallest absolute Gasteiger partial charge is 0.0192 e. The molecule has 0 aromatic carbocycles. The molecule has 96 valence electrons. The molecule has 0 aromatic rings. The second-order valence-corrected chi connectivity index (χ2v) is 6.70. The van der Waals surface area contributed by atoms with E-state index in [4.69, 9.17) is 0 Å². The summed E-state index contributed by atoms with van der Waals surface area (Å²) in [5.41, 5.74) is 0.369. The zero-order valence-corrected chi connectivity index (χ0v) is 12.4. The van der Waals surface area contributed by atoms with Crippen molar-refractivity contribution in [3.8, 4) is 0 Å². The standard InChI is InChI=1S/C13H28N2S/c1-11-8-15(7-6-14(11)5)9-12(10-16)13(2,3)4/h11-12,16H,6-10H2,1-5H3. The molecule has 1 saturated heterocycles. The molecular weight excluding hydrogens is 216 g/mol. The molecule has 0 aromatic heterocycles. The van der Waals surface area contributed by atoms with Gasteiger partial charge in [-0.1, -0.05) is 20.8 Å². The Kier molecular flexibility index (Phi) is 5.14. The minimum Gasteiger partial charge on any atom is -0.301 e. The van der Waals surface area contributed by atoms with Crippen LogP contribution >= 0.6 is 12.6 Å². The van der Waals surface area contributed by atoms with Crippen LogP contribution in [0.5, 0.6) is 0 Å². The summed E-state index contributed by atoms with van der Waals surface area (Å²) in [6.45, 7) is 14.1. The summed E-state index contributed by atoms with van der Waals surface area (Å²) < 4.78 is 0. The predicted molar refractivity (Wildman–Crippen MR) is 75.3 cm³/mol. The van der Waals surface area contributed by atoms with E-state index in [-0.39, 0.29) is 0 Å². The molecule has 2 nitrogen and oxygen atoms in total. The molecule has 2 atom stereocenters. The van der Waals surface area contributed by atoms with E-state index in [1.807, 2.05) is 0 Å². The van der Waals surface area contributed by atoms with Crippen molar-refractivity contribution in [3.05, 3.63) is 0 Å². The van der Waals surface area contributed by atoms with Crippen LogP contribution in [0.2, 0.25) is 0 Å². The van der Waals surface area contributed by atoms with Crippen molar-refractivity contribution in [2.75, 3.05) is 39.0 Å². The minimum atomic E-state index is 0.369. The fraction of sp³-hybridized carbons (Fsp3) is 1.00. The Bertz CT molecular complexity index is 212. The van der Waals surface area contributed by atoms with Crippen molar-refractivity contribution in [2.24, 2.45) is 11.3 Å². The van der Waals surface area contributed by atoms with Gasteiger partial charge in [-0.2, -0.15) is 12.6 Å². The molecule has 0 amide bonds. The van der Waals surface area contributed by atoms with Gasteiger partial charge < -0.3 is 9.80 Å². The predicted octanol–water partition coefficient (Wildman–Crippen LogP) is 2.21. The fourth-order valence-corrected chi connectivity index (χ4v) is 2.87. The van der Waals surface area contributed by atoms with Crippen LogP contribution in [0.3, 0.4) is 0 Å². The first kappa shape index (κ1) is 14.3. The molecule has 1 heterocycles. The van der Waals surface area contributed by atoms with Crippen molar-refractivity contribution < 1.29 is 0 Å². The van der Waals surface area contributed by atoms with Crippen molar-refractivity contribution in [1.29, 1.82) is 0 Å². The molecule has 0 spiro atoms. The molecule has 16 heavy (non-hydrogen) atoms. The van der Waals surface area contributed by atoms with Crippen LogP contribution in [0.15, 0.2) is 0 Å². The van der Waals surface area contributed by atoms with Gasteiger partial charge in [0.25, 0.3) is 0 Å². The number of hydrogen-bond donors (Lipinski definition) is 1. The van der Waals surface area contributed by atoms with Crippen LogP contribution in [0, 0.1) is 11.3 Å². The quantitative estimate of drug-likeness (QED) is 0.761. The van der Waals surface area contributed by atoms with Crippen LogP contribution in [0.4, 0.5) is 0 Å². The Morgan fingerprint density at radius 2 is 1.94 bits per heavy atom. The summed E-state index contributed by atoms with van der Waals surface area (Å²) >= 11 is 4.51. The van der Waals surface area contributed by atoms with Gasteiger partial charge in [-0.15, -0.1) is 0 Å². The van der Waals surface area contributed by atoms with E-state index in [9.17, 15) is 0 Å². The topological polar surface area (TPSA) is 6.48 Å². The highest BCUT2D eigenvalue weighted by molar-refractivity contribution is 7.80.